The van der Waals surface area contributed by atoms with E-state index in [9.17, 15) is 0 Å². The van der Waals surface area contributed by atoms with Crippen molar-refractivity contribution in [2.45, 2.75) is 46.2 Å². The van der Waals surface area contributed by atoms with Crippen molar-refractivity contribution in [3.63, 3.8) is 0 Å². The Bertz CT molecular complexity index is 534. The summed E-state index contributed by atoms with van der Waals surface area (Å²) >= 11 is 3.70. The largest absolute Gasteiger partial charge is 0.468 e. The number of nitrogens with one attached hydrogen (secondary N) is 1. The molecule has 0 radical (unpaired) electrons. The van der Waals surface area contributed by atoms with E-state index in [4.69, 9.17) is 4.42 Å². The molecule has 0 aliphatic rings. The van der Waals surface area contributed by atoms with Gasteiger partial charge in [0, 0.05) is 13.0 Å². The highest BCUT2D eigenvalue weighted by atomic mass is 79.9. The Balaban J connectivity index is 2.28. The van der Waals surface area contributed by atoms with Gasteiger partial charge in [-0.1, -0.05) is 13.8 Å². The zero-order chi connectivity index (χ0) is 14.5. The first kappa shape index (κ1) is 15.3. The van der Waals surface area contributed by atoms with Crippen molar-refractivity contribution in [2.24, 2.45) is 0 Å². The lowest BCUT2D eigenvalue weighted by Gasteiger charge is -2.16. The van der Waals surface area contributed by atoms with Gasteiger partial charge in [-0.15, -0.1) is 0 Å². The van der Waals surface area contributed by atoms with Gasteiger partial charge in [0.1, 0.15) is 5.76 Å². The molecule has 0 aliphatic heterocycles. The molecule has 0 saturated heterocycles. The van der Waals surface area contributed by atoms with Gasteiger partial charge in [0.2, 0.25) is 0 Å². The second-order valence-electron chi connectivity index (χ2n) is 4.71. The van der Waals surface area contributed by atoms with E-state index in [-0.39, 0.29) is 6.04 Å². The quantitative estimate of drug-likeness (QED) is 0.835. The van der Waals surface area contributed by atoms with Crippen LogP contribution >= 0.6 is 15.9 Å². The molecule has 0 fully saturated rings. The number of rotatable bonds is 7. The van der Waals surface area contributed by atoms with Crippen molar-refractivity contribution in [2.75, 3.05) is 6.54 Å². The van der Waals surface area contributed by atoms with Crippen molar-refractivity contribution in [1.29, 1.82) is 0 Å². The molecule has 1 N–H and O–H groups in total. The standard InChI is InChI=1S/C15H22BrN3O/c1-4-11-15(16)13(19(6-3)18-11)10-12(17-5-2)14-8-7-9-20-14/h7-9,12,17H,4-6,10H2,1-3H3. The summed E-state index contributed by atoms with van der Waals surface area (Å²) in [4.78, 5) is 0. The van der Waals surface area contributed by atoms with Crippen LogP contribution in [0.5, 0.6) is 0 Å². The zero-order valence-corrected chi connectivity index (χ0v) is 13.9. The molecule has 2 rings (SSSR count). The van der Waals surface area contributed by atoms with Crippen LogP contribution in [0.3, 0.4) is 0 Å². The minimum atomic E-state index is 0.179. The minimum absolute atomic E-state index is 0.179. The van der Waals surface area contributed by atoms with Gasteiger partial charge in [-0.05, 0) is 48.0 Å². The number of nitrogens with zero attached hydrogens (tertiary/aromatic N) is 2. The van der Waals surface area contributed by atoms with Crippen LogP contribution in [0.1, 0.15) is 44.0 Å². The molecule has 0 amide bonds. The predicted octanol–water partition coefficient (Wildman–Crippen LogP) is 3.71. The Morgan fingerprint density at radius 3 is 2.75 bits per heavy atom. The molecule has 0 aliphatic carbocycles. The molecule has 0 aromatic carbocycles. The highest BCUT2D eigenvalue weighted by molar-refractivity contribution is 9.10. The van der Waals surface area contributed by atoms with Crippen molar-refractivity contribution >= 4 is 15.9 Å². The van der Waals surface area contributed by atoms with E-state index >= 15 is 0 Å². The molecule has 2 aromatic rings. The third kappa shape index (κ3) is 3.15. The Hall–Kier alpha value is -1.07. The number of aryl methyl sites for hydroxylation is 2. The van der Waals surface area contributed by atoms with Crippen molar-refractivity contribution in [3.8, 4) is 0 Å². The molecule has 1 unspecified atom stereocenters. The number of likely N-dealkylation sites (N-methyl/N-ethyl adjacent to an activating group) is 1. The van der Waals surface area contributed by atoms with Gasteiger partial charge in [0.25, 0.3) is 0 Å². The molecule has 2 aromatic heterocycles. The van der Waals surface area contributed by atoms with Gasteiger partial charge in [-0.3, -0.25) is 4.68 Å². The molecule has 4 nitrogen and oxygen atoms in total. The third-order valence-electron chi connectivity index (χ3n) is 3.43. The fourth-order valence-corrected chi connectivity index (χ4v) is 3.14. The van der Waals surface area contributed by atoms with Crippen LogP contribution in [0, 0.1) is 0 Å². The molecule has 0 spiro atoms. The lowest BCUT2D eigenvalue weighted by Crippen LogP contribution is -2.23. The maximum atomic E-state index is 5.56. The average Bonchev–Trinajstić information content (AvgIpc) is 3.07. The Labute approximate surface area is 128 Å². The minimum Gasteiger partial charge on any atom is -0.468 e. The average molecular weight is 340 g/mol. The molecule has 110 valence electrons. The summed E-state index contributed by atoms with van der Waals surface area (Å²) in [6.07, 6.45) is 3.53. The number of hydrogen-bond donors (Lipinski definition) is 1. The number of furan rings is 1. The molecule has 0 saturated carbocycles. The molecule has 1 atom stereocenters. The lowest BCUT2D eigenvalue weighted by atomic mass is 10.1. The predicted molar refractivity (Wildman–Crippen MR) is 83.8 cm³/mol. The Morgan fingerprint density at radius 2 is 2.20 bits per heavy atom. The van der Waals surface area contributed by atoms with Crippen molar-refractivity contribution in [3.05, 3.63) is 40.0 Å². The lowest BCUT2D eigenvalue weighted by molar-refractivity contribution is 0.408. The summed E-state index contributed by atoms with van der Waals surface area (Å²) in [5.74, 6) is 0.973. The van der Waals surface area contributed by atoms with Crippen LogP contribution in [-0.4, -0.2) is 16.3 Å². The van der Waals surface area contributed by atoms with E-state index < -0.39 is 0 Å². The molecular weight excluding hydrogens is 318 g/mol. The third-order valence-corrected chi connectivity index (χ3v) is 4.34. The van der Waals surface area contributed by atoms with Gasteiger partial charge in [0.05, 0.1) is 28.2 Å². The summed E-state index contributed by atoms with van der Waals surface area (Å²) in [7, 11) is 0. The van der Waals surface area contributed by atoms with Gasteiger partial charge in [-0.2, -0.15) is 5.10 Å². The normalized spacial score (nSPS) is 12.8. The van der Waals surface area contributed by atoms with E-state index in [1.807, 2.05) is 12.1 Å². The second-order valence-corrected chi connectivity index (χ2v) is 5.50. The SMILES string of the molecule is CCNC(Cc1c(Br)c(CC)nn1CC)c1ccco1. The van der Waals surface area contributed by atoms with Gasteiger partial charge >= 0.3 is 0 Å². The number of halogens is 1. The maximum absolute atomic E-state index is 5.56. The summed E-state index contributed by atoms with van der Waals surface area (Å²) in [6.45, 7) is 8.15. The fraction of sp³-hybridized carbons (Fsp3) is 0.533. The molecule has 20 heavy (non-hydrogen) atoms. The summed E-state index contributed by atoms with van der Waals surface area (Å²) in [5.41, 5.74) is 2.35. The van der Waals surface area contributed by atoms with Crippen LogP contribution in [0.2, 0.25) is 0 Å². The zero-order valence-electron chi connectivity index (χ0n) is 12.3. The summed E-state index contributed by atoms with van der Waals surface area (Å²) < 4.78 is 8.77. The topological polar surface area (TPSA) is 43.0 Å². The van der Waals surface area contributed by atoms with Crippen LogP contribution < -0.4 is 5.32 Å². The van der Waals surface area contributed by atoms with Crippen molar-refractivity contribution < 1.29 is 4.42 Å². The Morgan fingerprint density at radius 1 is 1.40 bits per heavy atom. The van der Waals surface area contributed by atoms with Gasteiger partial charge in [0.15, 0.2) is 0 Å². The molecule has 0 bridgehead atoms. The Kier molecular flexibility index (Phi) is 5.43. The molecular formula is C15H22BrN3O. The van der Waals surface area contributed by atoms with Gasteiger partial charge < -0.3 is 9.73 Å². The van der Waals surface area contributed by atoms with Crippen LogP contribution in [0.15, 0.2) is 27.3 Å². The highest BCUT2D eigenvalue weighted by Gasteiger charge is 2.20. The first-order valence-electron chi connectivity index (χ1n) is 7.22. The number of aromatic nitrogens is 2. The first-order valence-corrected chi connectivity index (χ1v) is 8.01. The fourth-order valence-electron chi connectivity index (χ4n) is 2.41. The van der Waals surface area contributed by atoms with E-state index in [1.54, 1.807) is 6.26 Å². The summed E-state index contributed by atoms with van der Waals surface area (Å²) in [5, 5.41) is 8.14. The number of hydrogen-bond acceptors (Lipinski definition) is 3. The maximum Gasteiger partial charge on any atom is 0.121 e. The van der Waals surface area contributed by atoms with Crippen LogP contribution in [0.25, 0.3) is 0 Å². The van der Waals surface area contributed by atoms with Crippen molar-refractivity contribution in [1.82, 2.24) is 15.1 Å². The summed E-state index contributed by atoms with van der Waals surface area (Å²) in [6, 6.07) is 4.13. The second kappa shape index (κ2) is 7.09. The van der Waals surface area contributed by atoms with Crippen LogP contribution in [0.4, 0.5) is 0 Å². The first-order chi connectivity index (χ1) is 9.71. The van der Waals surface area contributed by atoms with E-state index in [0.717, 1.165) is 41.9 Å². The molecule has 5 heteroatoms. The smallest absolute Gasteiger partial charge is 0.121 e. The van der Waals surface area contributed by atoms with Crippen LogP contribution in [-0.2, 0) is 19.4 Å². The monoisotopic (exact) mass is 339 g/mol. The van der Waals surface area contributed by atoms with E-state index in [1.165, 1.54) is 5.69 Å². The van der Waals surface area contributed by atoms with Gasteiger partial charge in [-0.25, -0.2) is 0 Å². The van der Waals surface area contributed by atoms with E-state index in [2.05, 4.69) is 51.8 Å². The molecule has 2 heterocycles. The van der Waals surface area contributed by atoms with E-state index in [0.29, 0.717) is 0 Å². The highest BCUT2D eigenvalue weighted by Crippen LogP contribution is 2.27.